The minimum atomic E-state index is 0.671. The number of rotatable bonds is 4. The topological polar surface area (TPSA) is 35.2 Å². The molecule has 2 heteroatoms. The van der Waals surface area contributed by atoms with Crippen molar-refractivity contribution in [3.8, 4) is 11.5 Å². The average Bonchev–Trinajstić information content (AvgIpc) is 2.50. The Balaban J connectivity index is 1.87. The van der Waals surface area contributed by atoms with E-state index in [0.717, 1.165) is 23.5 Å². The molecule has 0 unspecified atom stereocenters. The monoisotopic (exact) mass is 277 g/mol. The lowest BCUT2D eigenvalue weighted by Crippen LogP contribution is -2.02. The zero-order valence-corrected chi connectivity index (χ0v) is 12.2. The molecule has 2 N–H and O–H groups in total. The number of aryl methyl sites for hydroxylation is 1. The molecular formula is C19H19NO. The van der Waals surface area contributed by atoms with Gasteiger partial charge in [0.1, 0.15) is 11.5 Å². The van der Waals surface area contributed by atoms with Gasteiger partial charge < -0.3 is 10.5 Å². The van der Waals surface area contributed by atoms with Crippen molar-refractivity contribution in [2.75, 3.05) is 6.54 Å². The van der Waals surface area contributed by atoms with Gasteiger partial charge in [-0.05, 0) is 60.0 Å². The highest BCUT2D eigenvalue weighted by Gasteiger charge is 2.04. The zero-order chi connectivity index (χ0) is 14.7. The van der Waals surface area contributed by atoms with Gasteiger partial charge in [0, 0.05) is 0 Å². The summed E-state index contributed by atoms with van der Waals surface area (Å²) in [7, 11) is 0. The summed E-state index contributed by atoms with van der Waals surface area (Å²) in [6, 6.07) is 20.7. The van der Waals surface area contributed by atoms with Crippen LogP contribution in [-0.2, 0) is 6.42 Å². The van der Waals surface area contributed by atoms with E-state index < -0.39 is 0 Å². The Morgan fingerprint density at radius 1 is 0.905 bits per heavy atom. The largest absolute Gasteiger partial charge is 0.457 e. The summed E-state index contributed by atoms with van der Waals surface area (Å²) in [5.41, 5.74) is 7.98. The second kappa shape index (κ2) is 5.98. The van der Waals surface area contributed by atoms with Crippen molar-refractivity contribution in [1.29, 1.82) is 0 Å². The third kappa shape index (κ3) is 3.06. The zero-order valence-electron chi connectivity index (χ0n) is 12.2. The molecule has 3 aromatic carbocycles. The lowest BCUT2D eigenvalue weighted by Gasteiger charge is -2.11. The first-order valence-corrected chi connectivity index (χ1v) is 7.22. The van der Waals surface area contributed by atoms with Crippen LogP contribution in [0, 0.1) is 6.92 Å². The fraction of sp³-hybridized carbons (Fsp3) is 0.158. The summed E-state index contributed by atoms with van der Waals surface area (Å²) in [4.78, 5) is 0. The Bertz CT molecular complexity index is 764. The van der Waals surface area contributed by atoms with E-state index in [-0.39, 0.29) is 0 Å². The van der Waals surface area contributed by atoms with Crippen molar-refractivity contribution in [1.82, 2.24) is 0 Å². The first kappa shape index (κ1) is 13.7. The molecule has 21 heavy (non-hydrogen) atoms. The van der Waals surface area contributed by atoms with Crippen molar-refractivity contribution in [2.24, 2.45) is 5.73 Å². The van der Waals surface area contributed by atoms with Crippen LogP contribution in [0.4, 0.5) is 0 Å². The van der Waals surface area contributed by atoms with E-state index in [1.54, 1.807) is 0 Å². The quantitative estimate of drug-likeness (QED) is 0.765. The molecule has 0 spiro atoms. The SMILES string of the molecule is Cc1cc(CCN)ccc1Oc1ccc2ccccc2c1. The highest BCUT2D eigenvalue weighted by molar-refractivity contribution is 5.83. The van der Waals surface area contributed by atoms with Gasteiger partial charge in [0.05, 0.1) is 0 Å². The molecule has 0 bridgehead atoms. The normalized spacial score (nSPS) is 10.8. The smallest absolute Gasteiger partial charge is 0.130 e. The fourth-order valence-electron chi connectivity index (χ4n) is 2.51. The van der Waals surface area contributed by atoms with Crippen molar-refractivity contribution < 1.29 is 4.74 Å². The molecule has 0 saturated carbocycles. The van der Waals surface area contributed by atoms with Crippen molar-refractivity contribution in [3.63, 3.8) is 0 Å². The maximum atomic E-state index is 6.02. The van der Waals surface area contributed by atoms with E-state index >= 15 is 0 Å². The number of ether oxygens (including phenoxy) is 1. The van der Waals surface area contributed by atoms with Gasteiger partial charge in [-0.1, -0.05) is 42.5 Å². The molecule has 0 aromatic heterocycles. The van der Waals surface area contributed by atoms with E-state index in [2.05, 4.69) is 43.3 Å². The van der Waals surface area contributed by atoms with Gasteiger partial charge in [-0.2, -0.15) is 0 Å². The van der Waals surface area contributed by atoms with Gasteiger partial charge in [0.15, 0.2) is 0 Å². The summed E-state index contributed by atoms with van der Waals surface area (Å²) >= 11 is 0. The Labute approximate surface area is 125 Å². The predicted molar refractivity (Wildman–Crippen MR) is 88.0 cm³/mol. The highest BCUT2D eigenvalue weighted by atomic mass is 16.5. The summed E-state index contributed by atoms with van der Waals surface area (Å²) in [5.74, 6) is 1.76. The molecule has 0 aliphatic heterocycles. The third-order valence-electron chi connectivity index (χ3n) is 3.62. The molecule has 0 radical (unpaired) electrons. The third-order valence-corrected chi connectivity index (χ3v) is 3.62. The first-order chi connectivity index (χ1) is 10.3. The van der Waals surface area contributed by atoms with Crippen LogP contribution in [0.15, 0.2) is 60.7 Å². The van der Waals surface area contributed by atoms with Crippen molar-refractivity contribution in [2.45, 2.75) is 13.3 Å². The van der Waals surface area contributed by atoms with Gasteiger partial charge in [0.2, 0.25) is 0 Å². The summed E-state index contributed by atoms with van der Waals surface area (Å²) in [6.07, 6.45) is 0.900. The van der Waals surface area contributed by atoms with E-state index in [1.165, 1.54) is 16.3 Å². The molecular weight excluding hydrogens is 258 g/mol. The number of hydrogen-bond donors (Lipinski definition) is 1. The van der Waals surface area contributed by atoms with Crippen molar-refractivity contribution >= 4 is 10.8 Å². The van der Waals surface area contributed by atoms with Crippen LogP contribution in [0.3, 0.4) is 0 Å². The van der Waals surface area contributed by atoms with E-state index in [9.17, 15) is 0 Å². The molecule has 0 aliphatic rings. The minimum Gasteiger partial charge on any atom is -0.457 e. The molecule has 3 rings (SSSR count). The molecule has 0 atom stereocenters. The standard InChI is InChI=1S/C19H19NO/c1-14-12-15(10-11-20)6-9-19(14)21-18-8-7-16-4-2-3-5-17(16)13-18/h2-9,12-13H,10-11,20H2,1H3. The summed E-state index contributed by atoms with van der Waals surface area (Å²) in [6.45, 7) is 2.74. The van der Waals surface area contributed by atoms with E-state index in [1.807, 2.05) is 24.3 Å². The highest BCUT2D eigenvalue weighted by Crippen LogP contribution is 2.28. The van der Waals surface area contributed by atoms with Crippen LogP contribution in [-0.4, -0.2) is 6.54 Å². The Hall–Kier alpha value is -2.32. The van der Waals surface area contributed by atoms with E-state index in [0.29, 0.717) is 6.54 Å². The first-order valence-electron chi connectivity index (χ1n) is 7.22. The van der Waals surface area contributed by atoms with Crippen LogP contribution in [0.5, 0.6) is 11.5 Å². The van der Waals surface area contributed by atoms with Crippen LogP contribution in [0.25, 0.3) is 10.8 Å². The maximum absolute atomic E-state index is 6.02. The molecule has 2 nitrogen and oxygen atoms in total. The second-order valence-corrected chi connectivity index (χ2v) is 5.25. The van der Waals surface area contributed by atoms with Gasteiger partial charge >= 0.3 is 0 Å². The lowest BCUT2D eigenvalue weighted by molar-refractivity contribution is 0.479. The average molecular weight is 277 g/mol. The molecule has 106 valence electrons. The minimum absolute atomic E-state index is 0.671. The molecule has 0 saturated heterocycles. The molecule has 0 heterocycles. The lowest BCUT2D eigenvalue weighted by atomic mass is 10.1. The Morgan fingerprint density at radius 2 is 1.71 bits per heavy atom. The molecule has 3 aromatic rings. The molecule has 0 amide bonds. The second-order valence-electron chi connectivity index (χ2n) is 5.25. The van der Waals surface area contributed by atoms with Crippen molar-refractivity contribution in [3.05, 3.63) is 71.8 Å². The number of nitrogens with two attached hydrogens (primary N) is 1. The molecule has 0 aliphatic carbocycles. The van der Waals surface area contributed by atoms with Crippen LogP contribution in [0.1, 0.15) is 11.1 Å². The van der Waals surface area contributed by atoms with Crippen LogP contribution in [0.2, 0.25) is 0 Å². The number of fused-ring (bicyclic) bond motifs is 1. The van der Waals surface area contributed by atoms with Gasteiger partial charge in [-0.15, -0.1) is 0 Å². The number of benzene rings is 3. The Morgan fingerprint density at radius 3 is 2.48 bits per heavy atom. The molecule has 0 fully saturated rings. The van der Waals surface area contributed by atoms with E-state index in [4.69, 9.17) is 10.5 Å². The van der Waals surface area contributed by atoms with Gasteiger partial charge in [-0.25, -0.2) is 0 Å². The van der Waals surface area contributed by atoms with Gasteiger partial charge in [0.25, 0.3) is 0 Å². The predicted octanol–water partition coefficient (Wildman–Crippen LogP) is 4.44. The number of hydrogen-bond acceptors (Lipinski definition) is 2. The fourth-order valence-corrected chi connectivity index (χ4v) is 2.51. The Kier molecular flexibility index (Phi) is 3.89. The van der Waals surface area contributed by atoms with Crippen LogP contribution >= 0.6 is 0 Å². The summed E-state index contributed by atoms with van der Waals surface area (Å²) < 4.78 is 6.02. The van der Waals surface area contributed by atoms with Crippen LogP contribution < -0.4 is 10.5 Å². The maximum Gasteiger partial charge on any atom is 0.130 e. The van der Waals surface area contributed by atoms with Gasteiger partial charge in [-0.3, -0.25) is 0 Å². The summed E-state index contributed by atoms with van der Waals surface area (Å²) in [5, 5.41) is 2.41.